The highest BCUT2D eigenvalue weighted by atomic mass is 79.9. The number of aromatic amines is 1. The third kappa shape index (κ3) is 3.90. The van der Waals surface area contributed by atoms with Crippen molar-refractivity contribution in [2.24, 2.45) is 0 Å². The summed E-state index contributed by atoms with van der Waals surface area (Å²) in [6, 6.07) is 11.8. The van der Waals surface area contributed by atoms with Crippen LogP contribution in [0.15, 0.2) is 53.3 Å². The average molecular weight is 457 g/mol. The first-order valence-corrected chi connectivity index (χ1v) is 9.82. The van der Waals surface area contributed by atoms with Gasteiger partial charge < -0.3 is 9.72 Å². The van der Waals surface area contributed by atoms with Gasteiger partial charge in [-0.1, -0.05) is 23.8 Å². The van der Waals surface area contributed by atoms with E-state index in [0.717, 1.165) is 26.9 Å². The van der Waals surface area contributed by atoms with E-state index in [9.17, 15) is 4.79 Å². The van der Waals surface area contributed by atoms with E-state index >= 15 is 0 Å². The molecule has 0 saturated heterocycles. The van der Waals surface area contributed by atoms with Crippen LogP contribution < -0.4 is 5.32 Å². The molecule has 0 unspecified atom stereocenters. The van der Waals surface area contributed by atoms with E-state index in [1.807, 2.05) is 60.1 Å². The Hall–Kier alpha value is -2.78. The van der Waals surface area contributed by atoms with E-state index in [1.165, 1.54) is 0 Å². The van der Waals surface area contributed by atoms with Gasteiger partial charge in [0.25, 0.3) is 0 Å². The molecule has 0 aliphatic carbocycles. The molecule has 142 valence electrons. The van der Waals surface area contributed by atoms with Crippen molar-refractivity contribution >= 4 is 39.7 Å². The highest BCUT2D eigenvalue weighted by Crippen LogP contribution is 2.18. The van der Waals surface area contributed by atoms with Crippen molar-refractivity contribution in [3.05, 3.63) is 69.3 Å². The van der Waals surface area contributed by atoms with Gasteiger partial charge in [0.1, 0.15) is 12.2 Å². The number of carbonyl (C=O) groups excluding carboxylic acids is 1. The molecular formula is C19H17BrN6OS. The van der Waals surface area contributed by atoms with Crippen molar-refractivity contribution in [1.29, 1.82) is 0 Å². The summed E-state index contributed by atoms with van der Waals surface area (Å²) in [5.74, 6) is 0.478. The van der Waals surface area contributed by atoms with Crippen LogP contribution in [0.2, 0.25) is 0 Å². The van der Waals surface area contributed by atoms with Crippen LogP contribution in [0.4, 0.5) is 0 Å². The monoisotopic (exact) mass is 456 g/mol. The van der Waals surface area contributed by atoms with Crippen LogP contribution in [0, 0.1) is 11.7 Å². The van der Waals surface area contributed by atoms with E-state index in [-0.39, 0.29) is 12.5 Å². The second-order valence-corrected chi connectivity index (χ2v) is 7.73. The lowest BCUT2D eigenvalue weighted by atomic mass is 10.1. The van der Waals surface area contributed by atoms with Crippen LogP contribution in [-0.4, -0.2) is 30.1 Å². The van der Waals surface area contributed by atoms with Crippen LogP contribution in [0.5, 0.6) is 0 Å². The molecule has 28 heavy (non-hydrogen) atoms. The van der Waals surface area contributed by atoms with E-state index in [4.69, 9.17) is 12.2 Å². The first-order valence-electron chi connectivity index (χ1n) is 8.62. The molecule has 0 aliphatic rings. The molecule has 4 rings (SSSR count). The second-order valence-electron chi connectivity index (χ2n) is 6.43. The standard InChI is InChI=1S/C19H17BrN6OS/c1-12-3-2-4-13(7-12)18-23-24-19(28)26(18)11-17(27)21-8-15-10-25-9-14(20)5-6-16(25)22-15/h2-7,9-10H,8,11H2,1H3,(H,21,27)(H,24,28). The second kappa shape index (κ2) is 7.69. The van der Waals surface area contributed by atoms with Crippen molar-refractivity contribution < 1.29 is 4.79 Å². The maximum Gasteiger partial charge on any atom is 0.240 e. The molecule has 1 aromatic carbocycles. The number of hydrogen-bond donors (Lipinski definition) is 2. The van der Waals surface area contributed by atoms with Gasteiger partial charge in [-0.2, -0.15) is 5.10 Å². The van der Waals surface area contributed by atoms with E-state index in [0.29, 0.717) is 17.1 Å². The van der Waals surface area contributed by atoms with Gasteiger partial charge >= 0.3 is 0 Å². The maximum atomic E-state index is 12.5. The van der Waals surface area contributed by atoms with E-state index in [2.05, 4.69) is 36.4 Å². The molecule has 0 fully saturated rings. The molecule has 3 aromatic heterocycles. The van der Waals surface area contributed by atoms with Crippen molar-refractivity contribution in [2.75, 3.05) is 0 Å². The number of aryl methyl sites for hydroxylation is 1. The summed E-state index contributed by atoms with van der Waals surface area (Å²) < 4.78 is 4.98. The number of nitrogens with zero attached hydrogens (tertiary/aromatic N) is 4. The Morgan fingerprint density at radius 3 is 2.96 bits per heavy atom. The zero-order valence-corrected chi connectivity index (χ0v) is 17.4. The van der Waals surface area contributed by atoms with Gasteiger partial charge in [-0.15, -0.1) is 0 Å². The molecule has 0 aliphatic heterocycles. The largest absolute Gasteiger partial charge is 0.349 e. The minimum absolute atomic E-state index is 0.0809. The van der Waals surface area contributed by atoms with Crippen molar-refractivity contribution in [2.45, 2.75) is 20.0 Å². The zero-order valence-electron chi connectivity index (χ0n) is 15.0. The van der Waals surface area contributed by atoms with Crippen molar-refractivity contribution in [3.63, 3.8) is 0 Å². The zero-order chi connectivity index (χ0) is 19.7. The number of H-pyrrole nitrogens is 1. The fourth-order valence-corrected chi connectivity index (χ4v) is 3.51. The maximum absolute atomic E-state index is 12.5. The van der Waals surface area contributed by atoms with Crippen LogP contribution >= 0.6 is 28.1 Å². The first-order chi connectivity index (χ1) is 13.5. The molecule has 0 saturated carbocycles. The lowest BCUT2D eigenvalue weighted by Gasteiger charge is -2.08. The minimum Gasteiger partial charge on any atom is -0.349 e. The summed E-state index contributed by atoms with van der Waals surface area (Å²) in [6.45, 7) is 2.43. The van der Waals surface area contributed by atoms with Crippen LogP contribution in [0.3, 0.4) is 0 Å². The predicted octanol–water partition coefficient (Wildman–Crippen LogP) is 3.64. The van der Waals surface area contributed by atoms with Crippen LogP contribution in [0.25, 0.3) is 17.0 Å². The summed E-state index contributed by atoms with van der Waals surface area (Å²) in [5, 5.41) is 9.95. The molecular weight excluding hydrogens is 440 g/mol. The molecule has 2 N–H and O–H groups in total. The fourth-order valence-electron chi connectivity index (χ4n) is 2.96. The number of hydrogen-bond acceptors (Lipinski definition) is 4. The van der Waals surface area contributed by atoms with E-state index in [1.54, 1.807) is 4.57 Å². The number of nitrogens with one attached hydrogen (secondary N) is 2. The predicted molar refractivity (Wildman–Crippen MR) is 112 cm³/mol. The summed E-state index contributed by atoms with van der Waals surface area (Å²) in [4.78, 5) is 17.0. The number of aromatic nitrogens is 5. The summed E-state index contributed by atoms with van der Waals surface area (Å²) in [5.41, 5.74) is 3.62. The van der Waals surface area contributed by atoms with Gasteiger partial charge in [0.05, 0.1) is 12.2 Å². The highest BCUT2D eigenvalue weighted by molar-refractivity contribution is 9.10. The Morgan fingerprint density at radius 1 is 1.29 bits per heavy atom. The molecule has 1 amide bonds. The number of halogens is 1. The van der Waals surface area contributed by atoms with Gasteiger partial charge in [-0.05, 0) is 53.3 Å². The lowest BCUT2D eigenvalue weighted by Crippen LogP contribution is -2.27. The Morgan fingerprint density at radius 2 is 2.14 bits per heavy atom. The number of amides is 1. The molecule has 0 spiro atoms. The first kappa shape index (κ1) is 18.6. The number of rotatable bonds is 5. The topological polar surface area (TPSA) is 80.0 Å². The summed E-state index contributed by atoms with van der Waals surface area (Å²) in [6.07, 6.45) is 3.81. The number of benzene rings is 1. The van der Waals surface area contributed by atoms with Gasteiger partial charge in [0.15, 0.2) is 10.6 Å². The van der Waals surface area contributed by atoms with Crippen molar-refractivity contribution in [1.82, 2.24) is 29.5 Å². The number of fused-ring (bicyclic) bond motifs is 1. The Balaban J connectivity index is 1.48. The quantitative estimate of drug-likeness (QED) is 0.449. The number of imidazole rings is 1. The summed E-state index contributed by atoms with van der Waals surface area (Å²) in [7, 11) is 0. The lowest BCUT2D eigenvalue weighted by molar-refractivity contribution is -0.121. The normalized spacial score (nSPS) is 11.1. The van der Waals surface area contributed by atoms with Gasteiger partial charge in [0.2, 0.25) is 5.91 Å². The molecule has 0 atom stereocenters. The number of carbonyl (C=O) groups is 1. The highest BCUT2D eigenvalue weighted by Gasteiger charge is 2.13. The minimum atomic E-state index is -0.162. The fraction of sp³-hybridized carbons (Fsp3) is 0.158. The smallest absolute Gasteiger partial charge is 0.240 e. The van der Waals surface area contributed by atoms with Gasteiger partial charge in [-0.25, -0.2) is 4.98 Å². The third-order valence-corrected chi connectivity index (χ3v) is 5.05. The van der Waals surface area contributed by atoms with Crippen LogP contribution in [0.1, 0.15) is 11.3 Å². The number of pyridine rings is 1. The SMILES string of the molecule is Cc1cccc(-c2n[nH]c(=S)n2CC(=O)NCc2cn3cc(Br)ccc3n2)c1. The Bertz CT molecular complexity index is 1220. The Labute approximate surface area is 174 Å². The molecule has 4 aromatic rings. The Kier molecular flexibility index (Phi) is 5.10. The third-order valence-electron chi connectivity index (χ3n) is 4.27. The van der Waals surface area contributed by atoms with Crippen molar-refractivity contribution in [3.8, 4) is 11.4 Å². The molecule has 3 heterocycles. The molecule has 9 heteroatoms. The molecule has 0 radical (unpaired) electrons. The van der Waals surface area contributed by atoms with Gasteiger partial charge in [-0.3, -0.25) is 14.5 Å². The molecule has 0 bridgehead atoms. The summed E-state index contributed by atoms with van der Waals surface area (Å²) >= 11 is 8.74. The van der Waals surface area contributed by atoms with Gasteiger partial charge in [0, 0.05) is 22.4 Å². The molecule has 7 nitrogen and oxygen atoms in total. The average Bonchev–Trinajstić information content (AvgIpc) is 3.23. The van der Waals surface area contributed by atoms with E-state index < -0.39 is 0 Å². The van der Waals surface area contributed by atoms with Crippen LogP contribution in [-0.2, 0) is 17.9 Å².